The number of methoxy groups -OCH3 is 1. The predicted molar refractivity (Wildman–Crippen MR) is 83.4 cm³/mol. The predicted octanol–water partition coefficient (Wildman–Crippen LogP) is 2.88. The lowest BCUT2D eigenvalue weighted by Gasteiger charge is -2.10. The lowest BCUT2D eigenvalue weighted by molar-refractivity contribution is 0.0921. The number of Topliss-reactive ketones (excluding diaryl/α,β-unsaturated/α-hetero) is 1. The van der Waals surface area contributed by atoms with Gasteiger partial charge in [-0.25, -0.2) is 0 Å². The molecule has 2 rings (SSSR count). The van der Waals surface area contributed by atoms with Crippen LogP contribution in [0.5, 0.6) is 11.5 Å². The fourth-order valence-corrected chi connectivity index (χ4v) is 3.16. The number of halogens is 1. The molecule has 0 radical (unpaired) electrons. The highest BCUT2D eigenvalue weighted by molar-refractivity contribution is 9.10. The lowest BCUT2D eigenvalue weighted by atomic mass is 10.2. The van der Waals surface area contributed by atoms with Crippen LogP contribution in [0.2, 0.25) is 0 Å². The molecule has 110 valence electrons. The van der Waals surface area contributed by atoms with Gasteiger partial charge in [-0.3, -0.25) is 9.59 Å². The topological polar surface area (TPSA) is 78.6 Å². The van der Waals surface area contributed by atoms with Crippen LogP contribution in [0.25, 0.3) is 0 Å². The summed E-state index contributed by atoms with van der Waals surface area (Å²) in [5.41, 5.74) is 5.51. The summed E-state index contributed by atoms with van der Waals surface area (Å²) in [5, 5.41) is 1.82. The number of thiophene rings is 1. The van der Waals surface area contributed by atoms with Crippen molar-refractivity contribution in [3.05, 3.63) is 44.6 Å². The number of hydrogen-bond acceptors (Lipinski definition) is 5. The minimum absolute atomic E-state index is 0.120. The zero-order valence-corrected chi connectivity index (χ0v) is 13.5. The Kier molecular flexibility index (Phi) is 4.98. The molecule has 1 aromatic heterocycles. The molecular weight excluding hydrogens is 358 g/mol. The smallest absolute Gasteiger partial charge is 0.248 e. The first-order valence-electron chi connectivity index (χ1n) is 5.89. The van der Waals surface area contributed by atoms with Crippen molar-refractivity contribution in [1.29, 1.82) is 0 Å². The number of hydrogen-bond donors (Lipinski definition) is 1. The van der Waals surface area contributed by atoms with Gasteiger partial charge in [-0.2, -0.15) is 0 Å². The first kappa shape index (κ1) is 15.5. The van der Waals surface area contributed by atoms with E-state index in [1.54, 1.807) is 12.1 Å². The molecule has 2 aromatic rings. The molecule has 1 amide bonds. The van der Waals surface area contributed by atoms with E-state index in [9.17, 15) is 9.59 Å². The van der Waals surface area contributed by atoms with Crippen molar-refractivity contribution < 1.29 is 19.1 Å². The van der Waals surface area contributed by atoms with Gasteiger partial charge in [0.2, 0.25) is 11.7 Å². The largest absolute Gasteiger partial charge is 0.493 e. The Bertz CT molecular complexity index is 683. The van der Waals surface area contributed by atoms with Crippen LogP contribution in [0.1, 0.15) is 20.0 Å². The quantitative estimate of drug-likeness (QED) is 0.794. The summed E-state index contributed by atoms with van der Waals surface area (Å²) in [4.78, 5) is 23.7. The van der Waals surface area contributed by atoms with Crippen molar-refractivity contribution >= 4 is 39.0 Å². The van der Waals surface area contributed by atoms with E-state index in [2.05, 4.69) is 15.9 Å². The normalized spacial score (nSPS) is 10.2. The highest BCUT2D eigenvalue weighted by Gasteiger charge is 2.14. The summed E-state index contributed by atoms with van der Waals surface area (Å²) in [6.45, 7) is -0.120. The molecule has 0 atom stereocenters. The van der Waals surface area contributed by atoms with Crippen LogP contribution >= 0.6 is 27.3 Å². The second kappa shape index (κ2) is 6.73. The number of carbonyl (C=O) groups is 2. The zero-order chi connectivity index (χ0) is 15.4. The van der Waals surface area contributed by atoms with E-state index in [0.29, 0.717) is 21.9 Å². The Morgan fingerprint density at radius 1 is 1.29 bits per heavy atom. The molecule has 0 saturated carbocycles. The molecule has 0 fully saturated rings. The maximum atomic E-state index is 12.0. The van der Waals surface area contributed by atoms with Crippen LogP contribution in [0.15, 0.2) is 34.1 Å². The summed E-state index contributed by atoms with van der Waals surface area (Å²) in [6, 6.07) is 6.35. The van der Waals surface area contributed by atoms with E-state index in [1.807, 2.05) is 5.38 Å². The number of rotatable bonds is 6. The average Bonchev–Trinajstić information content (AvgIpc) is 2.90. The summed E-state index contributed by atoms with van der Waals surface area (Å²) in [5.74, 6) is 0.0317. The monoisotopic (exact) mass is 369 g/mol. The van der Waals surface area contributed by atoms with E-state index >= 15 is 0 Å². The summed E-state index contributed by atoms with van der Waals surface area (Å²) in [6.07, 6.45) is 0. The van der Waals surface area contributed by atoms with Gasteiger partial charge in [-0.1, -0.05) is 0 Å². The second-order valence-electron chi connectivity index (χ2n) is 4.04. The van der Waals surface area contributed by atoms with Gasteiger partial charge in [0, 0.05) is 10.0 Å². The van der Waals surface area contributed by atoms with Crippen molar-refractivity contribution in [2.75, 3.05) is 13.7 Å². The molecule has 21 heavy (non-hydrogen) atoms. The molecule has 7 heteroatoms. The van der Waals surface area contributed by atoms with Crippen LogP contribution in [0.3, 0.4) is 0 Å². The minimum atomic E-state index is -0.557. The number of ether oxygens (including phenoxy) is 2. The molecule has 0 bridgehead atoms. The highest BCUT2D eigenvalue weighted by Crippen LogP contribution is 2.29. The van der Waals surface area contributed by atoms with Crippen LogP contribution in [-0.4, -0.2) is 25.4 Å². The van der Waals surface area contributed by atoms with E-state index in [-0.39, 0.29) is 12.4 Å². The van der Waals surface area contributed by atoms with E-state index in [4.69, 9.17) is 15.2 Å². The number of primary amides is 1. The number of benzene rings is 1. The number of nitrogens with two attached hydrogens (primary N) is 1. The Labute approximate surface area is 133 Å². The molecule has 1 heterocycles. The van der Waals surface area contributed by atoms with Gasteiger partial charge in [0.25, 0.3) is 0 Å². The van der Waals surface area contributed by atoms with Gasteiger partial charge >= 0.3 is 0 Å². The zero-order valence-electron chi connectivity index (χ0n) is 11.1. The van der Waals surface area contributed by atoms with Crippen molar-refractivity contribution in [1.82, 2.24) is 0 Å². The van der Waals surface area contributed by atoms with Gasteiger partial charge in [-0.15, -0.1) is 11.3 Å². The van der Waals surface area contributed by atoms with E-state index < -0.39 is 5.91 Å². The van der Waals surface area contributed by atoms with E-state index in [0.717, 1.165) is 4.47 Å². The van der Waals surface area contributed by atoms with Crippen LogP contribution in [-0.2, 0) is 0 Å². The van der Waals surface area contributed by atoms with Crippen molar-refractivity contribution in [3.8, 4) is 11.5 Å². The third-order valence-corrected chi connectivity index (χ3v) is 4.56. The Hall–Kier alpha value is -1.86. The summed E-state index contributed by atoms with van der Waals surface area (Å²) >= 11 is 4.64. The number of amides is 1. The van der Waals surface area contributed by atoms with Crippen LogP contribution < -0.4 is 15.2 Å². The fourth-order valence-electron chi connectivity index (χ4n) is 1.64. The fraction of sp³-hybridized carbons (Fsp3) is 0.143. The maximum Gasteiger partial charge on any atom is 0.248 e. The molecule has 5 nitrogen and oxygen atoms in total. The first-order valence-corrected chi connectivity index (χ1v) is 7.57. The van der Waals surface area contributed by atoms with Gasteiger partial charge in [-0.05, 0) is 45.6 Å². The Morgan fingerprint density at radius 3 is 2.62 bits per heavy atom. The SMILES string of the molecule is COc1cc(C(N)=O)ccc1OCC(=O)c1sccc1Br. The molecule has 2 N–H and O–H groups in total. The third-order valence-electron chi connectivity index (χ3n) is 2.68. The van der Waals surface area contributed by atoms with Crippen molar-refractivity contribution in [3.63, 3.8) is 0 Å². The number of carbonyl (C=O) groups excluding carboxylic acids is 2. The molecule has 0 aliphatic carbocycles. The van der Waals surface area contributed by atoms with Gasteiger partial charge < -0.3 is 15.2 Å². The summed E-state index contributed by atoms with van der Waals surface area (Å²) < 4.78 is 11.3. The standard InChI is InChI=1S/C14H12BrNO4S/c1-19-12-6-8(14(16)18)2-3-11(12)20-7-10(17)13-9(15)4-5-21-13/h2-6H,7H2,1H3,(H2,16,18). The first-order chi connectivity index (χ1) is 10.0. The molecular formula is C14H12BrNO4S. The Morgan fingerprint density at radius 2 is 2.05 bits per heavy atom. The summed E-state index contributed by atoms with van der Waals surface area (Å²) in [7, 11) is 1.45. The Balaban J connectivity index is 2.11. The van der Waals surface area contributed by atoms with Crippen molar-refractivity contribution in [2.45, 2.75) is 0 Å². The average molecular weight is 370 g/mol. The second-order valence-corrected chi connectivity index (χ2v) is 5.81. The number of ketones is 1. The van der Waals surface area contributed by atoms with Crippen LogP contribution in [0.4, 0.5) is 0 Å². The van der Waals surface area contributed by atoms with Gasteiger partial charge in [0.05, 0.1) is 12.0 Å². The molecule has 0 saturated heterocycles. The molecule has 1 aromatic carbocycles. The minimum Gasteiger partial charge on any atom is -0.493 e. The van der Waals surface area contributed by atoms with Crippen LogP contribution in [0, 0.1) is 0 Å². The highest BCUT2D eigenvalue weighted by atomic mass is 79.9. The van der Waals surface area contributed by atoms with E-state index in [1.165, 1.54) is 30.6 Å². The maximum absolute atomic E-state index is 12.0. The van der Waals surface area contributed by atoms with Gasteiger partial charge in [0.1, 0.15) is 0 Å². The van der Waals surface area contributed by atoms with Gasteiger partial charge in [0.15, 0.2) is 18.1 Å². The molecule has 0 aliphatic rings. The third kappa shape index (κ3) is 3.62. The van der Waals surface area contributed by atoms with Crippen molar-refractivity contribution in [2.24, 2.45) is 5.73 Å². The molecule has 0 spiro atoms. The molecule has 0 aliphatic heterocycles. The molecule has 0 unspecified atom stereocenters. The lowest BCUT2D eigenvalue weighted by Crippen LogP contribution is -2.13.